The van der Waals surface area contributed by atoms with Gasteiger partial charge in [0.15, 0.2) is 0 Å². The molecule has 0 fully saturated rings. The Kier molecular flexibility index (Phi) is 8.84. The fourth-order valence-corrected chi connectivity index (χ4v) is 2.19. The van der Waals surface area contributed by atoms with Gasteiger partial charge in [0, 0.05) is 18.7 Å². The first-order valence-corrected chi connectivity index (χ1v) is 8.90. The number of rotatable bonds is 9. The van der Waals surface area contributed by atoms with Gasteiger partial charge in [0.1, 0.15) is 17.4 Å². The van der Waals surface area contributed by atoms with Crippen molar-refractivity contribution in [2.45, 2.75) is 51.7 Å². The number of nitro benzene ring substituents is 1. The second-order valence-corrected chi connectivity index (χ2v) is 7.10. The zero-order valence-corrected chi connectivity index (χ0v) is 16.5. The average molecular weight is 411 g/mol. The van der Waals surface area contributed by atoms with E-state index < -0.39 is 34.7 Å². The molecule has 0 saturated carbocycles. The molecule has 0 heterocycles. The maximum Gasteiger partial charge on any atom is 0.408 e. The van der Waals surface area contributed by atoms with E-state index in [0.717, 1.165) is 0 Å². The van der Waals surface area contributed by atoms with Crippen molar-refractivity contribution in [2.75, 3.05) is 6.54 Å². The van der Waals surface area contributed by atoms with Crippen molar-refractivity contribution in [1.82, 2.24) is 10.6 Å². The predicted molar refractivity (Wildman–Crippen MR) is 102 cm³/mol. The summed E-state index contributed by atoms with van der Waals surface area (Å²) in [6, 6.07) is 3.90. The molecule has 0 aliphatic rings. The molecule has 3 N–H and O–H groups in total. The van der Waals surface area contributed by atoms with Crippen LogP contribution in [0.4, 0.5) is 15.3 Å². The lowest BCUT2D eigenvalue weighted by atomic mass is 10.1. The largest absolute Gasteiger partial charge is 0.465 e. The first-order valence-electron chi connectivity index (χ1n) is 8.90. The maximum atomic E-state index is 12.5. The van der Waals surface area contributed by atoms with E-state index in [0.29, 0.717) is 12.8 Å². The lowest BCUT2D eigenvalue weighted by Crippen LogP contribution is -2.45. The van der Waals surface area contributed by atoms with Crippen LogP contribution in [-0.4, -0.2) is 46.4 Å². The molecule has 0 aromatic heterocycles. The summed E-state index contributed by atoms with van der Waals surface area (Å²) < 4.78 is 10.3. The maximum absolute atomic E-state index is 12.5. The summed E-state index contributed by atoms with van der Waals surface area (Å²) in [5, 5.41) is 23.9. The van der Waals surface area contributed by atoms with Gasteiger partial charge in [-0.25, -0.2) is 14.4 Å². The summed E-state index contributed by atoms with van der Waals surface area (Å²) in [6.07, 6.45) is -0.885. The number of ether oxygens (including phenoxy) is 2. The number of unbranched alkanes of at least 4 members (excludes halogenated alkanes) is 1. The Morgan fingerprint density at radius 1 is 1.17 bits per heavy atom. The number of non-ortho nitro benzene ring substituents is 1. The molecule has 0 saturated heterocycles. The number of esters is 1. The molecule has 11 nitrogen and oxygen atoms in total. The summed E-state index contributed by atoms with van der Waals surface area (Å²) >= 11 is 0. The minimum absolute atomic E-state index is 0.0872. The fourth-order valence-electron chi connectivity index (χ4n) is 2.19. The number of nitro groups is 1. The van der Waals surface area contributed by atoms with Crippen molar-refractivity contribution in [3.8, 4) is 5.75 Å². The number of hydrogen-bond donors (Lipinski definition) is 3. The van der Waals surface area contributed by atoms with Crippen LogP contribution in [0.3, 0.4) is 0 Å². The fraction of sp³-hybridized carbons (Fsp3) is 0.500. The van der Waals surface area contributed by atoms with Gasteiger partial charge < -0.3 is 25.2 Å². The molecule has 1 rings (SSSR count). The Morgan fingerprint density at radius 3 is 2.31 bits per heavy atom. The highest BCUT2D eigenvalue weighted by Crippen LogP contribution is 2.18. The first kappa shape index (κ1) is 23.7. The monoisotopic (exact) mass is 411 g/mol. The molecule has 11 heteroatoms. The molecule has 0 bridgehead atoms. The van der Waals surface area contributed by atoms with Crippen molar-refractivity contribution < 1.29 is 33.9 Å². The first-order chi connectivity index (χ1) is 13.5. The molecule has 0 spiro atoms. The van der Waals surface area contributed by atoms with Crippen LogP contribution in [0, 0.1) is 10.1 Å². The molecular weight excluding hydrogens is 386 g/mol. The zero-order chi connectivity index (χ0) is 22.0. The second kappa shape index (κ2) is 10.8. The number of carbonyl (C=O) groups excluding carboxylic acids is 2. The van der Waals surface area contributed by atoms with Gasteiger partial charge >= 0.3 is 18.2 Å². The van der Waals surface area contributed by atoms with Crippen LogP contribution in [0.5, 0.6) is 5.75 Å². The third kappa shape index (κ3) is 9.94. The van der Waals surface area contributed by atoms with E-state index in [1.54, 1.807) is 20.8 Å². The number of nitrogens with one attached hydrogen (secondary N) is 2. The SMILES string of the molecule is CC(C)(C)OC(=O)NC(CCCCNC(=O)O)C(=O)Oc1ccc([N+](=O)[O-])cc1. The summed E-state index contributed by atoms with van der Waals surface area (Å²) in [4.78, 5) is 45.0. The quantitative estimate of drug-likeness (QED) is 0.184. The molecule has 0 radical (unpaired) electrons. The molecule has 2 amide bonds. The Hall–Kier alpha value is -3.37. The summed E-state index contributed by atoms with van der Waals surface area (Å²) in [5.74, 6) is -0.681. The number of alkyl carbamates (subject to hydrolysis) is 1. The number of nitrogens with zero attached hydrogens (tertiary/aromatic N) is 1. The average Bonchev–Trinajstić information content (AvgIpc) is 2.59. The molecule has 1 unspecified atom stereocenters. The van der Waals surface area contributed by atoms with Gasteiger partial charge in [-0.1, -0.05) is 0 Å². The van der Waals surface area contributed by atoms with Gasteiger partial charge in [0.05, 0.1) is 4.92 Å². The number of amides is 2. The van der Waals surface area contributed by atoms with Crippen LogP contribution >= 0.6 is 0 Å². The lowest BCUT2D eigenvalue weighted by molar-refractivity contribution is -0.384. The Morgan fingerprint density at radius 2 is 1.79 bits per heavy atom. The summed E-state index contributed by atoms with van der Waals surface area (Å²) in [5.41, 5.74) is -0.915. The van der Waals surface area contributed by atoms with Crippen LogP contribution in [-0.2, 0) is 9.53 Å². The third-order valence-electron chi connectivity index (χ3n) is 3.44. The third-order valence-corrected chi connectivity index (χ3v) is 3.44. The van der Waals surface area contributed by atoms with Gasteiger partial charge in [-0.15, -0.1) is 0 Å². The van der Waals surface area contributed by atoms with Crippen molar-refractivity contribution in [3.05, 3.63) is 34.4 Å². The van der Waals surface area contributed by atoms with Crippen molar-refractivity contribution >= 4 is 23.8 Å². The Bertz CT molecular complexity index is 728. The molecule has 1 aromatic carbocycles. The lowest BCUT2D eigenvalue weighted by Gasteiger charge is -2.23. The van der Waals surface area contributed by atoms with Gasteiger partial charge in [0.2, 0.25) is 0 Å². The highest BCUT2D eigenvalue weighted by Gasteiger charge is 2.26. The van der Waals surface area contributed by atoms with Crippen LogP contribution < -0.4 is 15.4 Å². The van der Waals surface area contributed by atoms with Crippen LogP contribution in [0.25, 0.3) is 0 Å². The Balaban J connectivity index is 2.73. The van der Waals surface area contributed by atoms with Gasteiger partial charge in [-0.2, -0.15) is 0 Å². The van der Waals surface area contributed by atoms with Crippen LogP contribution in [0.1, 0.15) is 40.0 Å². The van der Waals surface area contributed by atoms with Gasteiger partial charge in [-0.3, -0.25) is 10.1 Å². The van der Waals surface area contributed by atoms with Crippen molar-refractivity contribution in [2.24, 2.45) is 0 Å². The van der Waals surface area contributed by atoms with Crippen LogP contribution in [0.2, 0.25) is 0 Å². The van der Waals surface area contributed by atoms with Gasteiger partial charge in [0.25, 0.3) is 5.69 Å². The number of benzene rings is 1. The molecular formula is C18H25N3O8. The van der Waals surface area contributed by atoms with E-state index >= 15 is 0 Å². The topological polar surface area (TPSA) is 157 Å². The smallest absolute Gasteiger partial charge is 0.408 e. The number of hydrogen-bond acceptors (Lipinski definition) is 7. The van der Waals surface area contributed by atoms with Crippen molar-refractivity contribution in [1.29, 1.82) is 0 Å². The predicted octanol–water partition coefficient (Wildman–Crippen LogP) is 2.83. The van der Waals surface area contributed by atoms with E-state index in [1.165, 1.54) is 24.3 Å². The zero-order valence-electron chi connectivity index (χ0n) is 16.5. The molecule has 0 aliphatic carbocycles. The van der Waals surface area contributed by atoms with E-state index in [-0.39, 0.29) is 24.4 Å². The van der Waals surface area contributed by atoms with E-state index in [4.69, 9.17) is 14.6 Å². The summed E-state index contributed by atoms with van der Waals surface area (Å²) in [7, 11) is 0. The second-order valence-electron chi connectivity index (χ2n) is 7.10. The van der Waals surface area contributed by atoms with Crippen LogP contribution in [0.15, 0.2) is 24.3 Å². The normalized spacial score (nSPS) is 11.8. The highest BCUT2D eigenvalue weighted by atomic mass is 16.6. The minimum Gasteiger partial charge on any atom is -0.465 e. The summed E-state index contributed by atoms with van der Waals surface area (Å²) in [6.45, 7) is 5.23. The molecule has 29 heavy (non-hydrogen) atoms. The van der Waals surface area contributed by atoms with E-state index in [1.807, 2.05) is 0 Å². The number of carbonyl (C=O) groups is 3. The molecule has 1 atom stereocenters. The molecule has 0 aliphatic heterocycles. The van der Waals surface area contributed by atoms with E-state index in [2.05, 4.69) is 10.6 Å². The van der Waals surface area contributed by atoms with Crippen molar-refractivity contribution in [3.63, 3.8) is 0 Å². The molecule has 160 valence electrons. The molecule has 1 aromatic rings. The standard InChI is InChI=1S/C18H25N3O8/c1-18(2,3)29-17(25)20-14(6-4-5-11-19-16(23)24)15(22)28-13-9-7-12(8-10-13)21(26)27/h7-10,14,19H,4-6,11H2,1-3H3,(H,20,25)(H,23,24). The number of carboxylic acid groups (broad SMARTS) is 1. The Labute approximate surface area is 167 Å². The van der Waals surface area contributed by atoms with E-state index in [9.17, 15) is 24.5 Å². The van der Waals surface area contributed by atoms with Gasteiger partial charge in [-0.05, 0) is 52.2 Å². The minimum atomic E-state index is -1.15. The highest BCUT2D eigenvalue weighted by molar-refractivity contribution is 5.83.